The summed E-state index contributed by atoms with van der Waals surface area (Å²) in [5, 5.41) is 3.81. The molecule has 1 N–H and O–H groups in total. The topological polar surface area (TPSA) is 15.3 Å². The zero-order valence-corrected chi connectivity index (χ0v) is 9.10. The van der Waals surface area contributed by atoms with Gasteiger partial charge in [0.25, 0.3) is 0 Å². The van der Waals surface area contributed by atoms with Crippen LogP contribution in [0.15, 0.2) is 0 Å². The fourth-order valence-electron chi connectivity index (χ4n) is 3.30. The predicted molar refractivity (Wildman–Crippen MR) is 58.4 cm³/mol. The van der Waals surface area contributed by atoms with Crippen LogP contribution in [0.4, 0.5) is 0 Å². The van der Waals surface area contributed by atoms with Crippen LogP contribution >= 0.6 is 0 Å². The van der Waals surface area contributed by atoms with Gasteiger partial charge in [-0.25, -0.2) is 0 Å². The Morgan fingerprint density at radius 1 is 1.07 bits per heavy atom. The van der Waals surface area contributed by atoms with Crippen molar-refractivity contribution in [1.82, 2.24) is 10.2 Å². The number of hydrogen-bond donors (Lipinski definition) is 1. The maximum atomic E-state index is 3.81. The third-order valence-corrected chi connectivity index (χ3v) is 4.28. The molecule has 3 rings (SSSR count). The van der Waals surface area contributed by atoms with Crippen molar-refractivity contribution < 1.29 is 0 Å². The van der Waals surface area contributed by atoms with E-state index in [1.165, 1.54) is 64.6 Å². The molecule has 0 atom stereocenters. The monoisotopic (exact) mass is 194 g/mol. The molecule has 0 aromatic heterocycles. The first-order valence-electron chi connectivity index (χ1n) is 6.37. The summed E-state index contributed by atoms with van der Waals surface area (Å²) in [5.41, 5.74) is 0.527. The summed E-state index contributed by atoms with van der Waals surface area (Å²) in [6, 6.07) is 0.968. The van der Waals surface area contributed by atoms with Crippen molar-refractivity contribution in [1.29, 1.82) is 0 Å². The molecule has 0 amide bonds. The van der Waals surface area contributed by atoms with E-state index in [0.29, 0.717) is 5.54 Å². The summed E-state index contributed by atoms with van der Waals surface area (Å²) in [6.45, 7) is 3.88. The number of hydrogen-bond acceptors (Lipinski definition) is 2. The van der Waals surface area contributed by atoms with Gasteiger partial charge in [-0.3, -0.25) is 4.90 Å². The molecule has 2 saturated carbocycles. The zero-order chi connectivity index (χ0) is 9.43. The van der Waals surface area contributed by atoms with Gasteiger partial charge >= 0.3 is 0 Å². The van der Waals surface area contributed by atoms with Crippen molar-refractivity contribution in [3.63, 3.8) is 0 Å². The fourth-order valence-corrected chi connectivity index (χ4v) is 3.30. The van der Waals surface area contributed by atoms with Crippen LogP contribution in [0, 0.1) is 0 Å². The Morgan fingerprint density at radius 2 is 1.86 bits per heavy atom. The minimum atomic E-state index is 0.527. The lowest BCUT2D eigenvalue weighted by molar-refractivity contribution is 0.0941. The van der Waals surface area contributed by atoms with Gasteiger partial charge < -0.3 is 5.32 Å². The van der Waals surface area contributed by atoms with Gasteiger partial charge in [0, 0.05) is 31.2 Å². The molecule has 2 aliphatic carbocycles. The van der Waals surface area contributed by atoms with Gasteiger partial charge in [0.15, 0.2) is 0 Å². The third-order valence-electron chi connectivity index (χ3n) is 4.28. The Kier molecular flexibility index (Phi) is 2.29. The van der Waals surface area contributed by atoms with E-state index in [-0.39, 0.29) is 0 Å². The van der Waals surface area contributed by atoms with Crippen LogP contribution in [0.3, 0.4) is 0 Å². The van der Waals surface area contributed by atoms with Gasteiger partial charge in [0.2, 0.25) is 0 Å². The Labute approximate surface area is 87.0 Å². The van der Waals surface area contributed by atoms with E-state index in [2.05, 4.69) is 10.2 Å². The predicted octanol–water partition coefficient (Wildman–Crippen LogP) is 1.76. The largest absolute Gasteiger partial charge is 0.309 e. The molecule has 1 aliphatic heterocycles. The van der Waals surface area contributed by atoms with E-state index in [1.807, 2.05) is 0 Å². The van der Waals surface area contributed by atoms with Crippen molar-refractivity contribution in [3.8, 4) is 0 Å². The summed E-state index contributed by atoms with van der Waals surface area (Å²) in [5.74, 6) is 0. The van der Waals surface area contributed by atoms with E-state index >= 15 is 0 Å². The highest BCUT2D eigenvalue weighted by Gasteiger charge is 2.40. The molecular formula is C12H22N2. The molecule has 0 aromatic rings. The Bertz CT molecular complexity index is 199. The second-order valence-corrected chi connectivity index (χ2v) is 5.47. The molecule has 0 aromatic carbocycles. The van der Waals surface area contributed by atoms with E-state index in [9.17, 15) is 0 Å². The highest BCUT2D eigenvalue weighted by molar-refractivity contribution is 5.00. The van der Waals surface area contributed by atoms with Crippen molar-refractivity contribution in [2.24, 2.45) is 0 Å². The maximum absolute atomic E-state index is 3.81. The van der Waals surface area contributed by atoms with Gasteiger partial charge in [-0.1, -0.05) is 19.3 Å². The third kappa shape index (κ3) is 1.70. The Balaban J connectivity index is 1.66. The van der Waals surface area contributed by atoms with Crippen molar-refractivity contribution in [3.05, 3.63) is 0 Å². The van der Waals surface area contributed by atoms with Crippen LogP contribution in [0.5, 0.6) is 0 Å². The van der Waals surface area contributed by atoms with Crippen LogP contribution in [0.1, 0.15) is 44.9 Å². The van der Waals surface area contributed by atoms with Gasteiger partial charge in [-0.05, 0) is 25.7 Å². The maximum Gasteiger partial charge on any atom is 0.0309 e. The molecule has 0 unspecified atom stereocenters. The van der Waals surface area contributed by atoms with Gasteiger partial charge in [-0.2, -0.15) is 0 Å². The Hall–Kier alpha value is -0.0800. The number of nitrogens with zero attached hydrogens (tertiary/aromatic N) is 1. The molecule has 2 heteroatoms. The average molecular weight is 194 g/mol. The highest BCUT2D eigenvalue weighted by atomic mass is 15.3. The molecule has 1 saturated heterocycles. The molecule has 80 valence electrons. The average Bonchev–Trinajstić information content (AvgIpc) is 3.02. The molecule has 1 heterocycles. The van der Waals surface area contributed by atoms with E-state index in [4.69, 9.17) is 0 Å². The highest BCUT2D eigenvalue weighted by Crippen LogP contribution is 2.35. The molecule has 0 radical (unpaired) electrons. The molecule has 2 nitrogen and oxygen atoms in total. The number of rotatable bonds is 1. The fraction of sp³-hybridized carbons (Fsp3) is 1.00. The second kappa shape index (κ2) is 3.49. The first-order chi connectivity index (χ1) is 6.88. The summed E-state index contributed by atoms with van der Waals surface area (Å²) < 4.78 is 0. The van der Waals surface area contributed by atoms with E-state index in [1.54, 1.807) is 0 Å². The summed E-state index contributed by atoms with van der Waals surface area (Å²) in [6.07, 6.45) is 10.2. The smallest absolute Gasteiger partial charge is 0.0309 e. The first-order valence-corrected chi connectivity index (χ1v) is 6.37. The lowest BCUT2D eigenvalue weighted by Crippen LogP contribution is -2.61. The van der Waals surface area contributed by atoms with Crippen LogP contribution in [0.25, 0.3) is 0 Å². The number of piperazine rings is 1. The standard InChI is InChI=1S/C12H22N2/c1-2-6-12(7-3-1)10-14(9-8-13-12)11-4-5-11/h11,13H,1-10H2. The minimum Gasteiger partial charge on any atom is -0.309 e. The molecule has 3 aliphatic rings. The van der Waals surface area contributed by atoms with Crippen LogP contribution in [-0.4, -0.2) is 36.1 Å². The van der Waals surface area contributed by atoms with Gasteiger partial charge in [-0.15, -0.1) is 0 Å². The van der Waals surface area contributed by atoms with Crippen molar-refractivity contribution in [2.75, 3.05) is 19.6 Å². The van der Waals surface area contributed by atoms with Crippen LogP contribution in [0.2, 0.25) is 0 Å². The molecule has 3 fully saturated rings. The minimum absolute atomic E-state index is 0.527. The lowest BCUT2D eigenvalue weighted by Gasteiger charge is -2.46. The molecule has 14 heavy (non-hydrogen) atoms. The molecular weight excluding hydrogens is 172 g/mol. The molecule has 1 spiro atoms. The van der Waals surface area contributed by atoms with Gasteiger partial charge in [0.05, 0.1) is 0 Å². The zero-order valence-electron chi connectivity index (χ0n) is 9.10. The van der Waals surface area contributed by atoms with E-state index < -0.39 is 0 Å². The summed E-state index contributed by atoms with van der Waals surface area (Å²) in [7, 11) is 0. The first kappa shape index (κ1) is 9.17. The second-order valence-electron chi connectivity index (χ2n) is 5.47. The van der Waals surface area contributed by atoms with Crippen LogP contribution in [-0.2, 0) is 0 Å². The van der Waals surface area contributed by atoms with Crippen LogP contribution < -0.4 is 5.32 Å². The Morgan fingerprint density at radius 3 is 2.57 bits per heavy atom. The van der Waals surface area contributed by atoms with Crippen molar-refractivity contribution in [2.45, 2.75) is 56.5 Å². The summed E-state index contributed by atoms with van der Waals surface area (Å²) in [4.78, 5) is 2.75. The van der Waals surface area contributed by atoms with E-state index in [0.717, 1.165) is 6.04 Å². The molecule has 0 bridgehead atoms. The normalized spacial score (nSPS) is 33.4. The SMILES string of the molecule is C1CCC2(CC1)CN(C1CC1)CCN2. The van der Waals surface area contributed by atoms with Gasteiger partial charge in [0.1, 0.15) is 0 Å². The quantitative estimate of drug-likeness (QED) is 0.684. The lowest BCUT2D eigenvalue weighted by atomic mass is 9.80. The van der Waals surface area contributed by atoms with Crippen molar-refractivity contribution >= 4 is 0 Å². The summed E-state index contributed by atoms with van der Waals surface area (Å²) >= 11 is 0. The number of nitrogens with one attached hydrogen (secondary N) is 1.